The number of hydrogen-bond acceptors (Lipinski definition) is 1. The Labute approximate surface area is 131 Å². The molecule has 1 atom stereocenters. The van der Waals surface area contributed by atoms with Gasteiger partial charge < -0.3 is 5.11 Å². The molecule has 0 fully saturated rings. The molecule has 3 rings (SSSR count). The largest absolute Gasteiger partial charge is 0.384 e. The van der Waals surface area contributed by atoms with Crippen LogP contribution in [-0.4, -0.2) is 5.11 Å². The van der Waals surface area contributed by atoms with E-state index in [-0.39, 0.29) is 0 Å². The molecule has 0 saturated carbocycles. The van der Waals surface area contributed by atoms with Crippen LogP contribution in [0.2, 0.25) is 5.02 Å². The molecule has 1 N–H and O–H groups in total. The third kappa shape index (κ3) is 2.47. The summed E-state index contributed by atoms with van der Waals surface area (Å²) in [5.41, 5.74) is 1.58. The fourth-order valence-electron chi connectivity index (χ4n) is 2.38. The van der Waals surface area contributed by atoms with Crippen molar-refractivity contribution in [3.63, 3.8) is 0 Å². The predicted molar refractivity (Wildman–Crippen MR) is 87.2 cm³/mol. The maximum atomic E-state index is 10.7. The van der Waals surface area contributed by atoms with E-state index in [0.717, 1.165) is 20.8 Å². The first-order valence-electron chi connectivity index (χ1n) is 6.27. The lowest BCUT2D eigenvalue weighted by Gasteiger charge is -2.15. The molecule has 20 heavy (non-hydrogen) atoms. The van der Waals surface area contributed by atoms with E-state index in [9.17, 15) is 5.11 Å². The highest BCUT2D eigenvalue weighted by atomic mass is 79.9. The summed E-state index contributed by atoms with van der Waals surface area (Å²) >= 11 is 9.61. The Balaban J connectivity index is 2.15. The summed E-state index contributed by atoms with van der Waals surface area (Å²) in [5.74, 6) is 0. The van der Waals surface area contributed by atoms with Crippen molar-refractivity contribution >= 4 is 38.3 Å². The maximum Gasteiger partial charge on any atom is 0.106 e. The summed E-state index contributed by atoms with van der Waals surface area (Å²) in [7, 11) is 0. The monoisotopic (exact) mass is 346 g/mol. The molecule has 0 aliphatic heterocycles. The number of halogens is 2. The van der Waals surface area contributed by atoms with Crippen molar-refractivity contribution in [2.45, 2.75) is 6.10 Å². The van der Waals surface area contributed by atoms with E-state index in [2.05, 4.69) is 15.9 Å². The van der Waals surface area contributed by atoms with Gasteiger partial charge in [-0.2, -0.15) is 0 Å². The van der Waals surface area contributed by atoms with Crippen molar-refractivity contribution in [1.82, 2.24) is 0 Å². The lowest BCUT2D eigenvalue weighted by Crippen LogP contribution is -2.01. The normalized spacial score (nSPS) is 12.6. The Bertz CT molecular complexity index is 765. The van der Waals surface area contributed by atoms with Gasteiger partial charge in [-0.25, -0.2) is 0 Å². The Hall–Kier alpha value is -1.35. The van der Waals surface area contributed by atoms with Crippen molar-refractivity contribution in [3.8, 4) is 0 Å². The summed E-state index contributed by atoms with van der Waals surface area (Å²) in [6.45, 7) is 0. The van der Waals surface area contributed by atoms with Crippen LogP contribution < -0.4 is 0 Å². The maximum absolute atomic E-state index is 10.7. The van der Waals surface area contributed by atoms with Crippen LogP contribution >= 0.6 is 27.5 Å². The van der Waals surface area contributed by atoms with E-state index in [1.165, 1.54) is 0 Å². The second kappa shape index (κ2) is 5.57. The van der Waals surface area contributed by atoms with Gasteiger partial charge in [0, 0.05) is 15.1 Å². The summed E-state index contributed by atoms with van der Waals surface area (Å²) in [4.78, 5) is 0. The van der Waals surface area contributed by atoms with Gasteiger partial charge in [-0.15, -0.1) is 0 Å². The van der Waals surface area contributed by atoms with Crippen molar-refractivity contribution in [1.29, 1.82) is 0 Å². The van der Waals surface area contributed by atoms with Crippen LogP contribution in [0.1, 0.15) is 17.2 Å². The molecule has 3 aromatic rings. The molecule has 0 bridgehead atoms. The van der Waals surface area contributed by atoms with Crippen molar-refractivity contribution in [2.75, 3.05) is 0 Å². The Morgan fingerprint density at radius 2 is 1.65 bits per heavy atom. The van der Waals surface area contributed by atoms with Crippen molar-refractivity contribution in [2.24, 2.45) is 0 Å². The SMILES string of the molecule is OC(c1ccc(Br)cc1Cl)c1cccc2ccccc12. The average molecular weight is 348 g/mol. The molecule has 0 aliphatic carbocycles. The second-order valence-corrected chi connectivity index (χ2v) is 5.96. The van der Waals surface area contributed by atoms with Crippen molar-refractivity contribution in [3.05, 3.63) is 81.3 Å². The summed E-state index contributed by atoms with van der Waals surface area (Å²) < 4.78 is 0.899. The van der Waals surface area contributed by atoms with Gasteiger partial charge in [0.1, 0.15) is 6.10 Å². The lowest BCUT2D eigenvalue weighted by molar-refractivity contribution is 0.222. The summed E-state index contributed by atoms with van der Waals surface area (Å²) in [6.07, 6.45) is -0.735. The zero-order chi connectivity index (χ0) is 14.1. The number of fused-ring (bicyclic) bond motifs is 1. The Morgan fingerprint density at radius 3 is 2.45 bits per heavy atom. The molecule has 0 radical (unpaired) electrons. The third-order valence-corrected chi connectivity index (χ3v) is 4.20. The number of aliphatic hydroxyl groups excluding tert-OH is 1. The molecule has 0 spiro atoms. The zero-order valence-corrected chi connectivity index (χ0v) is 12.9. The number of rotatable bonds is 2. The van der Waals surface area contributed by atoms with Crippen LogP contribution in [0, 0.1) is 0 Å². The molecule has 0 amide bonds. The molecular formula is C17H12BrClO. The van der Waals surface area contributed by atoms with Crippen LogP contribution in [0.4, 0.5) is 0 Å². The molecular weight excluding hydrogens is 336 g/mol. The molecule has 100 valence electrons. The van der Waals surface area contributed by atoms with Gasteiger partial charge in [0.15, 0.2) is 0 Å². The Morgan fingerprint density at radius 1 is 0.900 bits per heavy atom. The van der Waals surface area contributed by atoms with E-state index in [1.807, 2.05) is 54.6 Å². The highest BCUT2D eigenvalue weighted by Crippen LogP contribution is 2.33. The number of aliphatic hydroxyl groups is 1. The lowest BCUT2D eigenvalue weighted by atomic mass is 9.96. The van der Waals surface area contributed by atoms with Gasteiger partial charge in [0.05, 0.1) is 0 Å². The number of benzene rings is 3. The summed E-state index contributed by atoms with van der Waals surface area (Å²) in [6, 6.07) is 19.5. The molecule has 0 aliphatic rings. The average Bonchev–Trinajstić information content (AvgIpc) is 2.46. The molecule has 0 saturated heterocycles. The van der Waals surface area contributed by atoms with Crippen LogP contribution in [0.25, 0.3) is 10.8 Å². The van der Waals surface area contributed by atoms with Gasteiger partial charge in [-0.1, -0.05) is 76.1 Å². The van der Waals surface area contributed by atoms with Crippen LogP contribution in [-0.2, 0) is 0 Å². The van der Waals surface area contributed by atoms with E-state index in [1.54, 1.807) is 6.07 Å². The van der Waals surface area contributed by atoms with Gasteiger partial charge in [-0.3, -0.25) is 0 Å². The molecule has 0 aromatic heterocycles. The third-order valence-electron chi connectivity index (χ3n) is 3.38. The topological polar surface area (TPSA) is 20.2 Å². The minimum absolute atomic E-state index is 0.555. The van der Waals surface area contributed by atoms with Crippen LogP contribution in [0.3, 0.4) is 0 Å². The van der Waals surface area contributed by atoms with E-state index in [4.69, 9.17) is 11.6 Å². The van der Waals surface area contributed by atoms with Crippen molar-refractivity contribution < 1.29 is 5.11 Å². The summed E-state index contributed by atoms with van der Waals surface area (Å²) in [5, 5.41) is 13.4. The smallest absolute Gasteiger partial charge is 0.106 e. The fourth-order valence-corrected chi connectivity index (χ4v) is 3.16. The van der Waals surface area contributed by atoms with E-state index in [0.29, 0.717) is 10.6 Å². The Kier molecular flexibility index (Phi) is 3.79. The standard InChI is InChI=1S/C17H12BrClO/c18-12-8-9-15(16(19)10-12)17(20)14-7-3-5-11-4-1-2-6-13(11)14/h1-10,17,20H. The first kappa shape index (κ1) is 13.6. The van der Waals surface area contributed by atoms with Gasteiger partial charge in [0.2, 0.25) is 0 Å². The van der Waals surface area contributed by atoms with Crippen LogP contribution in [0.5, 0.6) is 0 Å². The second-order valence-electron chi connectivity index (χ2n) is 4.64. The first-order chi connectivity index (χ1) is 9.66. The predicted octanol–water partition coefficient (Wildman–Crippen LogP) is 5.34. The highest BCUT2D eigenvalue weighted by Gasteiger charge is 2.16. The molecule has 1 nitrogen and oxygen atoms in total. The van der Waals surface area contributed by atoms with E-state index < -0.39 is 6.10 Å². The van der Waals surface area contributed by atoms with Gasteiger partial charge in [-0.05, 0) is 28.5 Å². The first-order valence-corrected chi connectivity index (χ1v) is 7.44. The molecule has 1 unspecified atom stereocenters. The highest BCUT2D eigenvalue weighted by molar-refractivity contribution is 9.10. The number of hydrogen-bond donors (Lipinski definition) is 1. The fraction of sp³-hybridized carbons (Fsp3) is 0.0588. The molecule has 3 heteroatoms. The van der Waals surface area contributed by atoms with Gasteiger partial charge in [0.25, 0.3) is 0 Å². The minimum atomic E-state index is -0.735. The van der Waals surface area contributed by atoms with Crippen LogP contribution in [0.15, 0.2) is 65.1 Å². The molecule has 3 aromatic carbocycles. The minimum Gasteiger partial charge on any atom is -0.384 e. The van der Waals surface area contributed by atoms with Gasteiger partial charge >= 0.3 is 0 Å². The quantitative estimate of drug-likeness (QED) is 0.663. The molecule has 0 heterocycles. The van der Waals surface area contributed by atoms with E-state index >= 15 is 0 Å². The zero-order valence-electron chi connectivity index (χ0n) is 10.6.